The van der Waals surface area contributed by atoms with E-state index in [4.69, 9.17) is 5.73 Å². The minimum absolute atomic E-state index is 0.322. The first-order valence-corrected chi connectivity index (χ1v) is 6.62. The van der Waals surface area contributed by atoms with Crippen molar-refractivity contribution in [3.63, 3.8) is 0 Å². The lowest BCUT2D eigenvalue weighted by Crippen LogP contribution is -2.37. The maximum absolute atomic E-state index is 6.64. The third kappa shape index (κ3) is 1.18. The number of nitrogens with two attached hydrogens (primary N) is 1. The molecule has 3 saturated carbocycles. The van der Waals surface area contributed by atoms with Crippen LogP contribution in [-0.4, -0.2) is 5.54 Å². The summed E-state index contributed by atoms with van der Waals surface area (Å²) < 4.78 is 0. The molecule has 0 aliphatic heterocycles. The summed E-state index contributed by atoms with van der Waals surface area (Å²) in [4.78, 5) is 0. The minimum atomic E-state index is 0.322. The molecule has 0 aromatic carbocycles. The first kappa shape index (κ1) is 9.21. The van der Waals surface area contributed by atoms with Gasteiger partial charge in [0.05, 0.1) is 0 Å². The first-order chi connectivity index (χ1) is 6.83. The van der Waals surface area contributed by atoms with Gasteiger partial charge in [-0.25, -0.2) is 0 Å². The zero-order valence-electron chi connectivity index (χ0n) is 9.17. The van der Waals surface area contributed by atoms with E-state index >= 15 is 0 Å². The molecule has 2 unspecified atom stereocenters. The van der Waals surface area contributed by atoms with Crippen LogP contribution in [0.2, 0.25) is 0 Å². The van der Waals surface area contributed by atoms with Gasteiger partial charge < -0.3 is 5.73 Å². The van der Waals surface area contributed by atoms with Gasteiger partial charge in [0, 0.05) is 5.54 Å². The molecule has 0 aromatic rings. The Bertz CT molecular complexity index is 205. The van der Waals surface area contributed by atoms with E-state index in [-0.39, 0.29) is 0 Å². The van der Waals surface area contributed by atoms with E-state index in [0.29, 0.717) is 5.54 Å². The predicted molar refractivity (Wildman–Crippen MR) is 58.9 cm³/mol. The molecular weight excluding hydrogens is 170 g/mol. The van der Waals surface area contributed by atoms with Crippen LogP contribution in [0.25, 0.3) is 0 Å². The predicted octanol–water partition coefficient (Wildman–Crippen LogP) is 3.08. The highest BCUT2D eigenvalue weighted by molar-refractivity contribution is 5.21. The zero-order chi connectivity index (χ0) is 9.60. The molecule has 0 heterocycles. The lowest BCUT2D eigenvalue weighted by molar-refractivity contribution is 0.303. The number of hydrogen-bond donors (Lipinski definition) is 1. The average molecular weight is 193 g/mol. The van der Waals surface area contributed by atoms with E-state index in [1.54, 1.807) is 0 Å². The summed E-state index contributed by atoms with van der Waals surface area (Å²) >= 11 is 0. The van der Waals surface area contributed by atoms with Crippen LogP contribution in [0.3, 0.4) is 0 Å². The second-order valence-corrected chi connectivity index (χ2v) is 5.83. The topological polar surface area (TPSA) is 26.0 Å². The molecule has 0 amide bonds. The van der Waals surface area contributed by atoms with Crippen molar-refractivity contribution in [3.8, 4) is 0 Å². The fraction of sp³-hybridized carbons (Fsp3) is 1.00. The fourth-order valence-electron chi connectivity index (χ4n) is 4.43. The molecule has 3 rings (SSSR count). The summed E-state index contributed by atoms with van der Waals surface area (Å²) in [6, 6.07) is 0. The Morgan fingerprint density at radius 2 is 1.29 bits per heavy atom. The Balaban J connectivity index is 1.69. The lowest BCUT2D eigenvalue weighted by Gasteiger charge is -2.26. The summed E-state index contributed by atoms with van der Waals surface area (Å²) in [6.45, 7) is 0. The van der Waals surface area contributed by atoms with Crippen molar-refractivity contribution in [2.24, 2.45) is 23.5 Å². The number of rotatable bonds is 1. The van der Waals surface area contributed by atoms with E-state index in [1.165, 1.54) is 57.8 Å². The van der Waals surface area contributed by atoms with Crippen LogP contribution in [0.5, 0.6) is 0 Å². The van der Waals surface area contributed by atoms with Gasteiger partial charge in [-0.15, -0.1) is 0 Å². The Kier molecular flexibility index (Phi) is 2.12. The highest BCUT2D eigenvalue weighted by Gasteiger charge is 2.66. The van der Waals surface area contributed by atoms with E-state index in [2.05, 4.69) is 0 Å². The maximum atomic E-state index is 6.64. The van der Waals surface area contributed by atoms with Gasteiger partial charge in [-0.05, 0) is 43.4 Å². The zero-order valence-corrected chi connectivity index (χ0v) is 9.17. The molecule has 2 atom stereocenters. The third-order valence-corrected chi connectivity index (χ3v) is 5.25. The van der Waals surface area contributed by atoms with Crippen LogP contribution in [0.1, 0.15) is 57.8 Å². The average Bonchev–Trinajstić information content (AvgIpc) is 2.57. The highest BCUT2D eigenvalue weighted by atomic mass is 14.9. The normalized spacial score (nSPS) is 48.6. The van der Waals surface area contributed by atoms with Crippen molar-refractivity contribution in [2.45, 2.75) is 63.3 Å². The van der Waals surface area contributed by atoms with Crippen molar-refractivity contribution < 1.29 is 0 Å². The molecule has 3 fully saturated rings. The molecular formula is C13H23N. The van der Waals surface area contributed by atoms with Gasteiger partial charge in [0.15, 0.2) is 0 Å². The van der Waals surface area contributed by atoms with Crippen LogP contribution in [0.15, 0.2) is 0 Å². The second kappa shape index (κ2) is 3.23. The van der Waals surface area contributed by atoms with Crippen LogP contribution >= 0.6 is 0 Å². The van der Waals surface area contributed by atoms with Gasteiger partial charge in [-0.3, -0.25) is 0 Å². The van der Waals surface area contributed by atoms with Gasteiger partial charge in [0.1, 0.15) is 0 Å². The Hall–Kier alpha value is -0.0400. The van der Waals surface area contributed by atoms with E-state index in [1.807, 2.05) is 0 Å². The molecule has 3 aliphatic rings. The number of hydrogen-bond acceptors (Lipinski definition) is 1. The highest BCUT2D eigenvalue weighted by Crippen LogP contribution is 2.64. The van der Waals surface area contributed by atoms with Gasteiger partial charge in [-0.2, -0.15) is 0 Å². The Morgan fingerprint density at radius 1 is 0.714 bits per heavy atom. The standard InChI is InChI=1S/C13H23N/c14-13(11-8-5-9-12(11)13)10-6-3-1-2-4-7-10/h10-12H,1-9,14H2. The Labute approximate surface area is 87.4 Å². The van der Waals surface area contributed by atoms with Crippen molar-refractivity contribution in [3.05, 3.63) is 0 Å². The van der Waals surface area contributed by atoms with Crippen molar-refractivity contribution in [1.82, 2.24) is 0 Å². The van der Waals surface area contributed by atoms with Crippen LogP contribution in [0.4, 0.5) is 0 Å². The van der Waals surface area contributed by atoms with Crippen LogP contribution in [0, 0.1) is 17.8 Å². The van der Waals surface area contributed by atoms with Gasteiger partial charge >= 0.3 is 0 Å². The van der Waals surface area contributed by atoms with Crippen molar-refractivity contribution in [1.29, 1.82) is 0 Å². The molecule has 0 spiro atoms. The summed E-state index contributed by atoms with van der Waals surface area (Å²) in [5.41, 5.74) is 6.96. The molecule has 0 bridgehead atoms. The quantitative estimate of drug-likeness (QED) is 0.636. The molecule has 14 heavy (non-hydrogen) atoms. The van der Waals surface area contributed by atoms with E-state index < -0.39 is 0 Å². The molecule has 2 N–H and O–H groups in total. The molecule has 0 aromatic heterocycles. The first-order valence-electron chi connectivity index (χ1n) is 6.62. The number of fused-ring (bicyclic) bond motifs is 1. The maximum Gasteiger partial charge on any atom is 0.0246 e. The molecule has 80 valence electrons. The summed E-state index contributed by atoms with van der Waals surface area (Å²) in [7, 11) is 0. The molecule has 0 saturated heterocycles. The van der Waals surface area contributed by atoms with Crippen molar-refractivity contribution >= 4 is 0 Å². The van der Waals surface area contributed by atoms with Gasteiger partial charge in [0.2, 0.25) is 0 Å². The monoisotopic (exact) mass is 193 g/mol. The lowest BCUT2D eigenvalue weighted by atomic mass is 9.85. The van der Waals surface area contributed by atoms with Gasteiger partial charge in [-0.1, -0.05) is 32.1 Å². The smallest absolute Gasteiger partial charge is 0.0246 e. The SMILES string of the molecule is NC1(C2CCCCCC2)C2CCCC21. The van der Waals surface area contributed by atoms with E-state index in [9.17, 15) is 0 Å². The largest absolute Gasteiger partial charge is 0.324 e. The Morgan fingerprint density at radius 3 is 1.86 bits per heavy atom. The van der Waals surface area contributed by atoms with Crippen molar-refractivity contribution in [2.75, 3.05) is 0 Å². The molecule has 1 heteroatoms. The van der Waals surface area contributed by atoms with Gasteiger partial charge in [0.25, 0.3) is 0 Å². The van der Waals surface area contributed by atoms with E-state index in [0.717, 1.165) is 17.8 Å². The van der Waals surface area contributed by atoms with Crippen LogP contribution in [-0.2, 0) is 0 Å². The molecule has 1 nitrogen and oxygen atoms in total. The molecule has 3 aliphatic carbocycles. The molecule has 0 radical (unpaired) electrons. The second-order valence-electron chi connectivity index (χ2n) is 5.83. The summed E-state index contributed by atoms with van der Waals surface area (Å²) in [5.74, 6) is 2.76. The summed E-state index contributed by atoms with van der Waals surface area (Å²) in [5, 5.41) is 0. The summed E-state index contributed by atoms with van der Waals surface area (Å²) in [6.07, 6.45) is 13.0. The minimum Gasteiger partial charge on any atom is -0.324 e. The third-order valence-electron chi connectivity index (χ3n) is 5.25. The van der Waals surface area contributed by atoms with Crippen LogP contribution < -0.4 is 5.73 Å². The fourth-order valence-corrected chi connectivity index (χ4v) is 4.43.